The molecule has 0 bridgehead atoms. The number of hydrogen-bond acceptors (Lipinski definition) is 4. The quantitative estimate of drug-likeness (QED) is 0.730. The molecule has 0 fully saturated rings. The predicted octanol–water partition coefficient (Wildman–Crippen LogP) is 1.44. The molecule has 0 aliphatic heterocycles. The molecule has 1 heterocycles. The zero-order valence-electron chi connectivity index (χ0n) is 8.75. The lowest BCUT2D eigenvalue weighted by Crippen LogP contribution is -2.33. The molecule has 0 saturated heterocycles. The van der Waals surface area contributed by atoms with Gasteiger partial charge in [-0.1, -0.05) is 5.16 Å². The first kappa shape index (κ1) is 10.7. The zero-order chi connectivity index (χ0) is 10.8. The Morgan fingerprint density at radius 2 is 2.21 bits per heavy atom. The van der Waals surface area contributed by atoms with Crippen molar-refractivity contribution in [3.8, 4) is 0 Å². The minimum absolute atomic E-state index is 0.215. The molecule has 1 aromatic rings. The molecule has 0 aliphatic rings. The number of nitrogens with zero attached hydrogens (tertiary/aromatic N) is 1. The van der Waals surface area contributed by atoms with E-state index < -0.39 is 11.5 Å². The fraction of sp³-hybridized carbons (Fsp3) is 0.556. The van der Waals surface area contributed by atoms with E-state index in [2.05, 4.69) is 10.6 Å². The van der Waals surface area contributed by atoms with Crippen LogP contribution in [0, 0.1) is 6.92 Å². The van der Waals surface area contributed by atoms with Crippen molar-refractivity contribution in [2.75, 3.05) is 0 Å². The third-order valence-electron chi connectivity index (χ3n) is 1.31. The summed E-state index contributed by atoms with van der Waals surface area (Å²) < 4.78 is 4.75. The molecule has 1 rings (SSSR count). The Labute approximate surface area is 82.4 Å². The van der Waals surface area contributed by atoms with Crippen molar-refractivity contribution in [1.82, 2.24) is 10.6 Å². The number of carbonyl (C=O) groups excluding carboxylic acids is 1. The van der Waals surface area contributed by atoms with Crippen LogP contribution in [-0.4, -0.2) is 16.7 Å². The lowest BCUT2D eigenvalue weighted by molar-refractivity contribution is -0.0592. The molecule has 1 N–H and O–H groups in total. The van der Waals surface area contributed by atoms with Gasteiger partial charge in [0.1, 0.15) is 5.76 Å². The Morgan fingerprint density at radius 1 is 1.57 bits per heavy atom. The average Bonchev–Trinajstić information content (AvgIpc) is 2.46. The molecule has 0 aromatic carbocycles. The summed E-state index contributed by atoms with van der Waals surface area (Å²) in [6.07, 6.45) is 0. The van der Waals surface area contributed by atoms with Gasteiger partial charge in [-0.3, -0.25) is 9.63 Å². The fourth-order valence-corrected chi connectivity index (χ4v) is 0.725. The molecular weight excluding hydrogens is 184 g/mol. The molecule has 5 heteroatoms. The topological polar surface area (TPSA) is 64.4 Å². The molecule has 14 heavy (non-hydrogen) atoms. The molecule has 1 aromatic heterocycles. The van der Waals surface area contributed by atoms with Crippen LogP contribution in [0.4, 0.5) is 0 Å². The van der Waals surface area contributed by atoms with Gasteiger partial charge in [0, 0.05) is 6.07 Å². The Kier molecular flexibility index (Phi) is 2.90. The normalized spacial score (nSPS) is 11.4. The maximum absolute atomic E-state index is 11.3. The van der Waals surface area contributed by atoms with E-state index in [-0.39, 0.29) is 5.69 Å². The highest BCUT2D eigenvalue weighted by Gasteiger charge is 2.15. The van der Waals surface area contributed by atoms with E-state index in [9.17, 15) is 4.79 Å². The van der Waals surface area contributed by atoms with Gasteiger partial charge in [-0.25, -0.2) is 5.48 Å². The van der Waals surface area contributed by atoms with Crippen LogP contribution in [-0.2, 0) is 4.84 Å². The lowest BCUT2D eigenvalue weighted by atomic mass is 10.2. The maximum atomic E-state index is 11.3. The summed E-state index contributed by atoms with van der Waals surface area (Å²) >= 11 is 0. The number of amides is 1. The van der Waals surface area contributed by atoms with Crippen molar-refractivity contribution < 1.29 is 14.2 Å². The molecule has 0 unspecified atom stereocenters. The van der Waals surface area contributed by atoms with Crippen molar-refractivity contribution in [2.24, 2.45) is 0 Å². The van der Waals surface area contributed by atoms with Crippen LogP contribution in [0.3, 0.4) is 0 Å². The van der Waals surface area contributed by atoms with Crippen LogP contribution in [0.2, 0.25) is 0 Å². The summed E-state index contributed by atoms with van der Waals surface area (Å²) in [4.78, 5) is 16.4. The van der Waals surface area contributed by atoms with Crippen LogP contribution < -0.4 is 5.48 Å². The van der Waals surface area contributed by atoms with Crippen LogP contribution >= 0.6 is 0 Å². The highest BCUT2D eigenvalue weighted by atomic mass is 16.7. The Bertz CT molecular complexity index is 325. The van der Waals surface area contributed by atoms with Crippen molar-refractivity contribution in [3.05, 3.63) is 17.5 Å². The lowest BCUT2D eigenvalue weighted by Gasteiger charge is -2.18. The summed E-state index contributed by atoms with van der Waals surface area (Å²) in [5, 5.41) is 3.55. The van der Waals surface area contributed by atoms with Gasteiger partial charge in [-0.05, 0) is 27.7 Å². The van der Waals surface area contributed by atoms with E-state index in [1.165, 1.54) is 0 Å². The second-order valence-corrected chi connectivity index (χ2v) is 3.97. The number of aryl methyl sites for hydroxylation is 1. The Balaban J connectivity index is 2.52. The van der Waals surface area contributed by atoms with Crippen molar-refractivity contribution >= 4 is 5.91 Å². The van der Waals surface area contributed by atoms with Gasteiger partial charge >= 0.3 is 0 Å². The number of hydroxylamine groups is 1. The molecule has 1 amide bonds. The van der Waals surface area contributed by atoms with Gasteiger partial charge in [-0.15, -0.1) is 0 Å². The van der Waals surface area contributed by atoms with Crippen LogP contribution in [0.25, 0.3) is 0 Å². The SMILES string of the molecule is Cc1cc(C(=O)NOC(C)(C)C)no1. The Morgan fingerprint density at radius 3 is 2.64 bits per heavy atom. The van der Waals surface area contributed by atoms with Crippen molar-refractivity contribution in [1.29, 1.82) is 0 Å². The number of rotatable bonds is 2. The second-order valence-electron chi connectivity index (χ2n) is 3.97. The zero-order valence-corrected chi connectivity index (χ0v) is 8.75. The van der Waals surface area contributed by atoms with Gasteiger partial charge in [0.2, 0.25) is 0 Å². The summed E-state index contributed by atoms with van der Waals surface area (Å²) in [5.74, 6) is 0.183. The van der Waals surface area contributed by atoms with Gasteiger partial charge in [0.15, 0.2) is 5.69 Å². The summed E-state index contributed by atoms with van der Waals surface area (Å²) in [7, 11) is 0. The van der Waals surface area contributed by atoms with Crippen LogP contribution in [0.5, 0.6) is 0 Å². The van der Waals surface area contributed by atoms with Crippen LogP contribution in [0.15, 0.2) is 10.6 Å². The summed E-state index contributed by atoms with van der Waals surface area (Å²) in [6.45, 7) is 7.22. The third-order valence-corrected chi connectivity index (χ3v) is 1.31. The largest absolute Gasteiger partial charge is 0.361 e. The molecule has 0 spiro atoms. The van der Waals surface area contributed by atoms with E-state index in [1.54, 1.807) is 13.0 Å². The number of hydrogen-bond donors (Lipinski definition) is 1. The molecule has 5 nitrogen and oxygen atoms in total. The minimum atomic E-state index is -0.422. The Hall–Kier alpha value is -1.36. The van der Waals surface area contributed by atoms with Gasteiger partial charge in [0.05, 0.1) is 5.60 Å². The predicted molar refractivity (Wildman–Crippen MR) is 49.5 cm³/mol. The molecule has 0 saturated carbocycles. The number of carbonyl (C=O) groups is 1. The van der Waals surface area contributed by atoms with E-state index in [1.807, 2.05) is 20.8 Å². The standard InChI is InChI=1S/C9H14N2O3/c1-6-5-7(10-13-6)8(12)11-14-9(2,3)4/h5H,1-4H3,(H,11,12). The summed E-state index contributed by atoms with van der Waals surface area (Å²) in [6, 6.07) is 1.54. The molecular formula is C9H14N2O3. The highest BCUT2D eigenvalue weighted by molar-refractivity contribution is 5.91. The van der Waals surface area contributed by atoms with E-state index in [0.717, 1.165) is 0 Å². The molecule has 0 aliphatic carbocycles. The summed E-state index contributed by atoms with van der Waals surface area (Å²) in [5.41, 5.74) is 2.08. The van der Waals surface area contributed by atoms with Crippen molar-refractivity contribution in [3.63, 3.8) is 0 Å². The van der Waals surface area contributed by atoms with Crippen LogP contribution in [0.1, 0.15) is 37.0 Å². The average molecular weight is 198 g/mol. The minimum Gasteiger partial charge on any atom is -0.361 e. The second kappa shape index (κ2) is 3.79. The van der Waals surface area contributed by atoms with E-state index in [0.29, 0.717) is 5.76 Å². The monoisotopic (exact) mass is 198 g/mol. The van der Waals surface area contributed by atoms with Gasteiger partial charge in [-0.2, -0.15) is 0 Å². The highest BCUT2D eigenvalue weighted by Crippen LogP contribution is 2.05. The van der Waals surface area contributed by atoms with Gasteiger partial charge < -0.3 is 4.52 Å². The molecule has 78 valence electrons. The number of nitrogens with one attached hydrogen (secondary N) is 1. The van der Waals surface area contributed by atoms with Crippen molar-refractivity contribution in [2.45, 2.75) is 33.3 Å². The first-order valence-corrected chi connectivity index (χ1v) is 4.30. The smallest absolute Gasteiger partial charge is 0.297 e. The number of aromatic nitrogens is 1. The van der Waals surface area contributed by atoms with E-state index in [4.69, 9.17) is 9.36 Å². The van der Waals surface area contributed by atoms with Gasteiger partial charge in [0.25, 0.3) is 5.91 Å². The molecule has 0 atom stereocenters. The first-order chi connectivity index (χ1) is 6.38. The molecule has 0 radical (unpaired) electrons. The van der Waals surface area contributed by atoms with E-state index >= 15 is 0 Å². The third kappa shape index (κ3) is 3.18. The maximum Gasteiger partial charge on any atom is 0.297 e. The first-order valence-electron chi connectivity index (χ1n) is 4.30. The fourth-order valence-electron chi connectivity index (χ4n) is 0.725.